The first-order valence-corrected chi connectivity index (χ1v) is 9.26. The summed E-state index contributed by atoms with van der Waals surface area (Å²) in [5.41, 5.74) is 0. The van der Waals surface area contributed by atoms with Gasteiger partial charge < -0.3 is 10.2 Å². The molecule has 22 heavy (non-hydrogen) atoms. The number of likely N-dealkylation sites (tertiary alicyclic amines) is 1. The summed E-state index contributed by atoms with van der Waals surface area (Å²) < 4.78 is 0. The molecular weight excluding hydrogens is 296 g/mol. The van der Waals surface area contributed by atoms with E-state index in [0.717, 1.165) is 32.0 Å². The SMILES string of the molecule is CC(CC(=O)N1CCCC1C1CCCC1)C1CCCNC1.Cl. The molecular formula is C18H33ClN2O. The minimum atomic E-state index is 0. The Bertz CT molecular complexity index is 351. The van der Waals surface area contributed by atoms with Crippen LogP contribution in [0.25, 0.3) is 0 Å². The van der Waals surface area contributed by atoms with E-state index in [1.165, 1.54) is 51.4 Å². The van der Waals surface area contributed by atoms with Gasteiger partial charge in [0.05, 0.1) is 0 Å². The molecule has 3 aliphatic rings. The Morgan fingerprint density at radius 3 is 2.59 bits per heavy atom. The van der Waals surface area contributed by atoms with Crippen molar-refractivity contribution in [2.24, 2.45) is 17.8 Å². The van der Waals surface area contributed by atoms with E-state index in [9.17, 15) is 4.79 Å². The molecule has 3 nitrogen and oxygen atoms in total. The van der Waals surface area contributed by atoms with E-state index in [1.807, 2.05) is 0 Å². The zero-order valence-electron chi connectivity index (χ0n) is 14.1. The fourth-order valence-electron chi connectivity index (χ4n) is 4.86. The predicted molar refractivity (Wildman–Crippen MR) is 93.3 cm³/mol. The number of carbonyl (C=O) groups is 1. The van der Waals surface area contributed by atoms with Crippen LogP contribution in [0.4, 0.5) is 0 Å². The van der Waals surface area contributed by atoms with Crippen LogP contribution in [0, 0.1) is 17.8 Å². The summed E-state index contributed by atoms with van der Waals surface area (Å²) in [5.74, 6) is 2.50. The second-order valence-electron chi connectivity index (χ2n) is 7.63. The average molecular weight is 329 g/mol. The molecule has 4 heteroatoms. The van der Waals surface area contributed by atoms with E-state index in [-0.39, 0.29) is 12.4 Å². The van der Waals surface area contributed by atoms with Gasteiger partial charge in [0.15, 0.2) is 0 Å². The lowest BCUT2D eigenvalue weighted by Gasteiger charge is -2.33. The second-order valence-corrected chi connectivity index (χ2v) is 7.63. The van der Waals surface area contributed by atoms with Gasteiger partial charge in [0, 0.05) is 19.0 Å². The quantitative estimate of drug-likeness (QED) is 0.855. The van der Waals surface area contributed by atoms with Gasteiger partial charge in [-0.1, -0.05) is 19.8 Å². The summed E-state index contributed by atoms with van der Waals surface area (Å²) in [6, 6.07) is 0.580. The molecule has 3 fully saturated rings. The Morgan fingerprint density at radius 2 is 1.91 bits per heavy atom. The normalized spacial score (nSPS) is 31.0. The number of halogens is 1. The molecule has 1 N–H and O–H groups in total. The Morgan fingerprint density at radius 1 is 1.14 bits per heavy atom. The number of hydrogen-bond acceptors (Lipinski definition) is 2. The van der Waals surface area contributed by atoms with Crippen LogP contribution in [-0.4, -0.2) is 36.5 Å². The second kappa shape index (κ2) is 8.54. The number of carbonyl (C=O) groups excluding carboxylic acids is 1. The molecule has 3 atom stereocenters. The molecule has 0 radical (unpaired) electrons. The van der Waals surface area contributed by atoms with Gasteiger partial charge in [-0.15, -0.1) is 12.4 Å². The smallest absolute Gasteiger partial charge is 0.223 e. The topological polar surface area (TPSA) is 32.3 Å². The van der Waals surface area contributed by atoms with Crippen LogP contribution in [0.1, 0.15) is 64.7 Å². The number of amides is 1. The van der Waals surface area contributed by atoms with Crippen molar-refractivity contribution in [2.45, 2.75) is 70.8 Å². The zero-order chi connectivity index (χ0) is 14.7. The molecule has 3 unspecified atom stereocenters. The lowest BCUT2D eigenvalue weighted by atomic mass is 9.85. The highest BCUT2D eigenvalue weighted by Gasteiger charge is 2.36. The maximum absolute atomic E-state index is 12.8. The van der Waals surface area contributed by atoms with Crippen molar-refractivity contribution in [1.29, 1.82) is 0 Å². The van der Waals surface area contributed by atoms with Crippen molar-refractivity contribution in [3.05, 3.63) is 0 Å². The van der Waals surface area contributed by atoms with Crippen molar-refractivity contribution in [3.63, 3.8) is 0 Å². The largest absolute Gasteiger partial charge is 0.339 e. The van der Waals surface area contributed by atoms with Gasteiger partial charge in [-0.2, -0.15) is 0 Å². The zero-order valence-corrected chi connectivity index (χ0v) is 14.9. The predicted octanol–water partition coefficient (Wildman–Crippen LogP) is 3.62. The molecule has 0 spiro atoms. The standard InChI is InChI=1S/C18H32N2O.ClH/c1-14(16-8-4-10-19-13-16)12-18(21)20-11-5-9-17(20)15-6-2-3-7-15;/h14-17,19H,2-13H2,1H3;1H. The first kappa shape index (κ1) is 18.1. The van der Waals surface area contributed by atoms with Crippen LogP contribution in [0.5, 0.6) is 0 Å². The van der Waals surface area contributed by atoms with Gasteiger partial charge in [0.1, 0.15) is 0 Å². The van der Waals surface area contributed by atoms with E-state index in [4.69, 9.17) is 0 Å². The minimum Gasteiger partial charge on any atom is -0.339 e. The van der Waals surface area contributed by atoms with Crippen molar-refractivity contribution in [2.75, 3.05) is 19.6 Å². The highest BCUT2D eigenvalue weighted by molar-refractivity contribution is 5.85. The minimum absolute atomic E-state index is 0. The number of hydrogen-bond donors (Lipinski definition) is 1. The van der Waals surface area contributed by atoms with E-state index in [0.29, 0.717) is 23.8 Å². The van der Waals surface area contributed by atoms with Crippen LogP contribution in [0.3, 0.4) is 0 Å². The summed E-state index contributed by atoms with van der Waals surface area (Å²) in [6.45, 7) is 5.58. The average Bonchev–Trinajstić information content (AvgIpc) is 3.18. The molecule has 1 amide bonds. The fraction of sp³-hybridized carbons (Fsp3) is 0.944. The third-order valence-corrected chi connectivity index (χ3v) is 6.20. The fourth-order valence-corrected chi connectivity index (χ4v) is 4.86. The van der Waals surface area contributed by atoms with Crippen molar-refractivity contribution >= 4 is 18.3 Å². The maximum atomic E-state index is 12.8. The molecule has 3 rings (SSSR count). The van der Waals surface area contributed by atoms with E-state index >= 15 is 0 Å². The molecule has 1 saturated carbocycles. The van der Waals surface area contributed by atoms with E-state index < -0.39 is 0 Å². The molecule has 0 aromatic carbocycles. The van der Waals surface area contributed by atoms with Crippen LogP contribution in [0.2, 0.25) is 0 Å². The summed E-state index contributed by atoms with van der Waals surface area (Å²) >= 11 is 0. The summed E-state index contributed by atoms with van der Waals surface area (Å²) in [4.78, 5) is 15.0. The van der Waals surface area contributed by atoms with Crippen LogP contribution < -0.4 is 5.32 Å². The molecule has 1 aliphatic carbocycles. The number of piperidine rings is 1. The van der Waals surface area contributed by atoms with Crippen LogP contribution in [0.15, 0.2) is 0 Å². The Hall–Kier alpha value is -0.280. The molecule has 128 valence electrons. The lowest BCUT2D eigenvalue weighted by molar-refractivity contribution is -0.134. The number of rotatable bonds is 4. The Kier molecular flexibility index (Phi) is 7.01. The number of nitrogens with zero attached hydrogens (tertiary/aromatic N) is 1. The molecule has 2 saturated heterocycles. The lowest BCUT2D eigenvalue weighted by Crippen LogP contribution is -2.41. The Balaban J connectivity index is 0.00000176. The maximum Gasteiger partial charge on any atom is 0.223 e. The highest BCUT2D eigenvalue weighted by Crippen LogP contribution is 2.36. The van der Waals surface area contributed by atoms with Crippen molar-refractivity contribution < 1.29 is 4.79 Å². The van der Waals surface area contributed by atoms with E-state index in [2.05, 4.69) is 17.1 Å². The van der Waals surface area contributed by atoms with E-state index in [1.54, 1.807) is 0 Å². The molecule has 2 aliphatic heterocycles. The number of nitrogens with one attached hydrogen (secondary N) is 1. The molecule has 0 aromatic rings. The third kappa shape index (κ3) is 4.17. The highest BCUT2D eigenvalue weighted by atomic mass is 35.5. The molecule has 0 bridgehead atoms. The Labute approximate surface area is 142 Å². The summed E-state index contributed by atoms with van der Waals surface area (Å²) in [5, 5.41) is 3.49. The van der Waals surface area contributed by atoms with Gasteiger partial charge in [0.25, 0.3) is 0 Å². The first-order valence-electron chi connectivity index (χ1n) is 9.26. The van der Waals surface area contributed by atoms with Gasteiger partial charge in [-0.05, 0) is 69.4 Å². The van der Waals surface area contributed by atoms with Crippen LogP contribution in [-0.2, 0) is 4.79 Å². The van der Waals surface area contributed by atoms with Gasteiger partial charge >= 0.3 is 0 Å². The molecule has 0 aromatic heterocycles. The van der Waals surface area contributed by atoms with Crippen molar-refractivity contribution in [1.82, 2.24) is 10.2 Å². The molecule has 2 heterocycles. The van der Waals surface area contributed by atoms with Crippen molar-refractivity contribution in [3.8, 4) is 0 Å². The van der Waals surface area contributed by atoms with Gasteiger partial charge in [-0.25, -0.2) is 0 Å². The monoisotopic (exact) mass is 328 g/mol. The van der Waals surface area contributed by atoms with Gasteiger partial charge in [-0.3, -0.25) is 4.79 Å². The van der Waals surface area contributed by atoms with Crippen LogP contribution >= 0.6 is 12.4 Å². The van der Waals surface area contributed by atoms with Gasteiger partial charge in [0.2, 0.25) is 5.91 Å². The summed E-state index contributed by atoms with van der Waals surface area (Å²) in [7, 11) is 0. The third-order valence-electron chi connectivity index (χ3n) is 6.20. The first-order chi connectivity index (χ1) is 10.3. The summed E-state index contributed by atoms with van der Waals surface area (Å²) in [6.07, 6.45) is 11.3.